The second kappa shape index (κ2) is 9.00. The number of carbonyl (C=O) groups is 2. The third kappa shape index (κ3) is 4.77. The average Bonchev–Trinajstić information content (AvgIpc) is 3.40. The highest BCUT2D eigenvalue weighted by Gasteiger charge is 2.26. The van der Waals surface area contributed by atoms with Crippen LogP contribution >= 0.6 is 0 Å². The quantitative estimate of drug-likeness (QED) is 0.398. The molecule has 194 valence electrons. The lowest BCUT2D eigenvalue weighted by Crippen LogP contribution is -2.37. The number of aryl methyl sites for hydroxylation is 1. The van der Waals surface area contributed by atoms with Crippen LogP contribution in [0.25, 0.3) is 16.7 Å². The van der Waals surface area contributed by atoms with Gasteiger partial charge in [0, 0.05) is 26.2 Å². The molecule has 1 aliphatic rings. The van der Waals surface area contributed by atoms with Crippen molar-refractivity contribution in [3.8, 4) is 0 Å². The number of hydrogen-bond acceptors (Lipinski definition) is 9. The Morgan fingerprint density at radius 1 is 1.27 bits per heavy atom. The lowest BCUT2D eigenvalue weighted by molar-refractivity contribution is 0.0589. The summed E-state index contributed by atoms with van der Waals surface area (Å²) in [6.45, 7) is 7.86. The molecule has 5 rings (SSSR count). The van der Waals surface area contributed by atoms with Crippen LogP contribution in [0.4, 0.5) is 22.0 Å². The van der Waals surface area contributed by atoms with E-state index in [1.807, 2.05) is 26.1 Å². The molecule has 0 fully saturated rings. The third-order valence-corrected chi connectivity index (χ3v) is 5.76. The van der Waals surface area contributed by atoms with Crippen molar-refractivity contribution in [2.75, 3.05) is 23.9 Å². The summed E-state index contributed by atoms with van der Waals surface area (Å²) < 4.78 is 14.5. The molecule has 4 heterocycles. The highest BCUT2D eigenvalue weighted by Crippen LogP contribution is 2.30. The van der Waals surface area contributed by atoms with Crippen molar-refractivity contribution in [3.05, 3.63) is 35.7 Å². The van der Waals surface area contributed by atoms with Gasteiger partial charge in [-0.25, -0.2) is 19.0 Å². The predicted octanol–water partition coefficient (Wildman–Crippen LogP) is 2.77. The van der Waals surface area contributed by atoms with E-state index in [1.165, 1.54) is 15.6 Å². The van der Waals surface area contributed by atoms with Gasteiger partial charge in [-0.2, -0.15) is 0 Å². The second-order valence-electron chi connectivity index (χ2n) is 10.1. The minimum absolute atomic E-state index is 0.208. The van der Waals surface area contributed by atoms with E-state index < -0.39 is 11.7 Å². The fourth-order valence-corrected chi connectivity index (χ4v) is 4.04. The fraction of sp³-hybridized carbons (Fsp3) is 0.417. The number of benzene rings is 1. The van der Waals surface area contributed by atoms with Crippen molar-refractivity contribution in [2.45, 2.75) is 45.9 Å². The van der Waals surface area contributed by atoms with E-state index in [4.69, 9.17) is 9.47 Å². The van der Waals surface area contributed by atoms with E-state index in [9.17, 15) is 9.59 Å². The predicted molar refractivity (Wildman–Crippen MR) is 136 cm³/mol. The second-order valence-corrected chi connectivity index (χ2v) is 10.1. The zero-order valence-electron chi connectivity index (χ0n) is 21.6. The summed E-state index contributed by atoms with van der Waals surface area (Å²) in [4.78, 5) is 31.8. The van der Waals surface area contributed by atoms with Gasteiger partial charge in [-0.05, 0) is 45.4 Å². The molecule has 0 unspecified atom stereocenters. The summed E-state index contributed by atoms with van der Waals surface area (Å²) in [5, 5.41) is 19.3. The van der Waals surface area contributed by atoms with Gasteiger partial charge in [-0.15, -0.1) is 10.2 Å². The van der Waals surface area contributed by atoms with Crippen LogP contribution in [-0.2, 0) is 23.1 Å². The van der Waals surface area contributed by atoms with Gasteiger partial charge in [0.15, 0.2) is 17.2 Å². The zero-order valence-corrected chi connectivity index (χ0v) is 21.6. The van der Waals surface area contributed by atoms with Gasteiger partial charge in [0.1, 0.15) is 11.1 Å². The smallest absolute Gasteiger partial charge is 0.414 e. The van der Waals surface area contributed by atoms with Crippen molar-refractivity contribution in [1.82, 2.24) is 34.9 Å². The molecule has 0 saturated heterocycles. The maximum absolute atomic E-state index is 13.1. The molecule has 4 aromatic rings. The van der Waals surface area contributed by atoms with Gasteiger partial charge in [0.05, 0.1) is 36.3 Å². The van der Waals surface area contributed by atoms with E-state index in [1.54, 1.807) is 38.6 Å². The Morgan fingerprint density at radius 3 is 2.81 bits per heavy atom. The van der Waals surface area contributed by atoms with E-state index in [0.29, 0.717) is 41.6 Å². The van der Waals surface area contributed by atoms with Crippen molar-refractivity contribution in [2.24, 2.45) is 7.05 Å². The molecular weight excluding hydrogens is 478 g/mol. The molecule has 1 atom stereocenters. The van der Waals surface area contributed by atoms with Gasteiger partial charge in [-0.3, -0.25) is 9.69 Å². The van der Waals surface area contributed by atoms with E-state index in [2.05, 4.69) is 31.0 Å². The SMILES string of the molecule is C[C@@H]1COCc2cc(c3nnn(C)c3c2)Nc2cc(N(C)C(=O)OC(C)(C)C)c3ncc(n3n2)C(=O)N1. The number of carbonyl (C=O) groups excluding carboxylic acids is 2. The number of fused-ring (bicyclic) bond motifs is 5. The molecule has 0 radical (unpaired) electrons. The van der Waals surface area contributed by atoms with Crippen molar-refractivity contribution in [3.63, 3.8) is 0 Å². The van der Waals surface area contributed by atoms with Crippen LogP contribution in [0.15, 0.2) is 24.4 Å². The Balaban J connectivity index is 1.69. The maximum atomic E-state index is 13.1. The summed E-state index contributed by atoms with van der Waals surface area (Å²) in [7, 11) is 3.40. The summed E-state index contributed by atoms with van der Waals surface area (Å²) in [5.41, 5.74) is 3.23. The molecule has 0 aliphatic carbocycles. The van der Waals surface area contributed by atoms with Crippen LogP contribution in [0.3, 0.4) is 0 Å². The monoisotopic (exact) mass is 507 g/mol. The molecule has 13 heteroatoms. The minimum Gasteiger partial charge on any atom is -0.443 e. The number of nitrogens with zero attached hydrogens (tertiary/aromatic N) is 7. The van der Waals surface area contributed by atoms with Crippen molar-refractivity contribution < 1.29 is 19.1 Å². The maximum Gasteiger partial charge on any atom is 0.414 e. The number of amides is 2. The van der Waals surface area contributed by atoms with E-state index in [-0.39, 0.29) is 17.6 Å². The topological polar surface area (TPSA) is 141 Å². The Kier molecular flexibility index (Phi) is 5.94. The number of nitrogens with one attached hydrogen (secondary N) is 2. The number of aromatic nitrogens is 6. The summed E-state index contributed by atoms with van der Waals surface area (Å²) in [5.74, 6) is -0.00824. The minimum atomic E-state index is -0.694. The first-order chi connectivity index (χ1) is 17.5. The van der Waals surface area contributed by atoms with Crippen LogP contribution in [0.5, 0.6) is 0 Å². The van der Waals surface area contributed by atoms with E-state index in [0.717, 1.165) is 11.1 Å². The van der Waals surface area contributed by atoms with Crippen molar-refractivity contribution in [1.29, 1.82) is 0 Å². The van der Waals surface area contributed by atoms with Crippen LogP contribution in [0, 0.1) is 0 Å². The summed E-state index contributed by atoms with van der Waals surface area (Å²) >= 11 is 0. The van der Waals surface area contributed by atoms with Crippen molar-refractivity contribution >= 4 is 45.9 Å². The Bertz CT molecular complexity index is 1520. The molecule has 0 spiro atoms. The molecule has 2 amide bonds. The van der Waals surface area contributed by atoms with Crippen LogP contribution in [0.1, 0.15) is 43.7 Å². The molecule has 4 bridgehead atoms. The summed E-state index contributed by atoms with van der Waals surface area (Å²) in [6.07, 6.45) is 0.855. The highest BCUT2D eigenvalue weighted by molar-refractivity contribution is 5.97. The number of rotatable bonds is 1. The lowest BCUT2D eigenvalue weighted by atomic mass is 10.1. The van der Waals surface area contributed by atoms with Gasteiger partial charge in [-0.1, -0.05) is 5.21 Å². The average molecular weight is 508 g/mol. The molecule has 1 aliphatic heterocycles. The Morgan fingerprint density at radius 2 is 2.05 bits per heavy atom. The molecule has 37 heavy (non-hydrogen) atoms. The largest absolute Gasteiger partial charge is 0.443 e. The Labute approximate surface area is 212 Å². The molecular formula is C24H29N9O4. The zero-order chi connectivity index (χ0) is 26.5. The van der Waals surface area contributed by atoms with Gasteiger partial charge < -0.3 is 20.1 Å². The first-order valence-corrected chi connectivity index (χ1v) is 11.8. The molecule has 2 N–H and O–H groups in total. The van der Waals surface area contributed by atoms with Gasteiger partial charge >= 0.3 is 6.09 Å². The first kappa shape index (κ1) is 24.4. The van der Waals surface area contributed by atoms with E-state index >= 15 is 0 Å². The normalized spacial score (nSPS) is 16.4. The van der Waals surface area contributed by atoms with Crippen LogP contribution < -0.4 is 15.5 Å². The highest BCUT2D eigenvalue weighted by atomic mass is 16.6. The number of ether oxygens (including phenoxy) is 2. The standard InChI is InChI=1S/C24H29N9O4/c1-13-11-36-12-14-7-15(20-16(8-14)32(6)30-28-20)27-19-9-17(31(5)23(35)37-24(2,3)4)21-25-10-18(22(34)26-13)33(21)29-19/h7-10,13H,11-12H2,1-6H3,(H,26,34)(H,27,29)/t13-/m1/s1. The fourth-order valence-electron chi connectivity index (χ4n) is 4.04. The van der Waals surface area contributed by atoms with Gasteiger partial charge in [0.2, 0.25) is 0 Å². The van der Waals surface area contributed by atoms with Crippen LogP contribution in [0.2, 0.25) is 0 Å². The first-order valence-electron chi connectivity index (χ1n) is 11.8. The van der Waals surface area contributed by atoms with Crippen LogP contribution in [-0.4, -0.2) is 66.9 Å². The molecule has 1 aromatic carbocycles. The number of hydrogen-bond donors (Lipinski definition) is 2. The lowest BCUT2D eigenvalue weighted by Gasteiger charge is -2.25. The molecule has 13 nitrogen and oxygen atoms in total. The number of anilines is 3. The molecule has 3 aromatic heterocycles. The molecule has 0 saturated carbocycles. The Hall–Kier alpha value is -4.26. The third-order valence-electron chi connectivity index (χ3n) is 5.76. The van der Waals surface area contributed by atoms with Gasteiger partial charge in [0.25, 0.3) is 5.91 Å². The summed E-state index contributed by atoms with van der Waals surface area (Å²) in [6, 6.07) is 5.28. The number of imidazole rings is 1.